The van der Waals surface area contributed by atoms with Gasteiger partial charge < -0.3 is 5.43 Å². The van der Waals surface area contributed by atoms with E-state index in [0.717, 1.165) is 35.5 Å². The predicted molar refractivity (Wildman–Crippen MR) is 87.9 cm³/mol. The van der Waals surface area contributed by atoms with Gasteiger partial charge in [-0.25, -0.2) is 15.8 Å². The van der Waals surface area contributed by atoms with E-state index < -0.39 is 0 Å². The summed E-state index contributed by atoms with van der Waals surface area (Å²) in [6, 6.07) is 8.48. The highest BCUT2D eigenvalue weighted by atomic mass is 15.3. The Morgan fingerprint density at radius 3 is 2.33 bits per heavy atom. The van der Waals surface area contributed by atoms with Crippen LogP contribution in [0.1, 0.15) is 37.6 Å². The number of nitrogens with one attached hydrogen (secondary N) is 1. The zero-order valence-electron chi connectivity index (χ0n) is 13.3. The second-order valence-electron chi connectivity index (χ2n) is 5.76. The lowest BCUT2D eigenvalue weighted by molar-refractivity contribution is 0.647. The van der Waals surface area contributed by atoms with Crippen molar-refractivity contribution in [1.29, 1.82) is 0 Å². The summed E-state index contributed by atoms with van der Waals surface area (Å²) in [4.78, 5) is 9.17. The van der Waals surface area contributed by atoms with Crippen molar-refractivity contribution < 1.29 is 0 Å². The molecule has 0 unspecified atom stereocenters. The van der Waals surface area contributed by atoms with Crippen LogP contribution in [0, 0.1) is 12.8 Å². The average Bonchev–Trinajstić information content (AvgIpc) is 2.48. The van der Waals surface area contributed by atoms with Gasteiger partial charge in [0, 0.05) is 16.8 Å². The second-order valence-corrected chi connectivity index (χ2v) is 5.76. The molecule has 0 aliphatic rings. The molecule has 0 saturated carbocycles. The van der Waals surface area contributed by atoms with Crippen molar-refractivity contribution in [2.45, 2.75) is 40.5 Å². The summed E-state index contributed by atoms with van der Waals surface area (Å²) in [5, 5.41) is 0. The van der Waals surface area contributed by atoms with E-state index in [9.17, 15) is 0 Å². The molecule has 21 heavy (non-hydrogen) atoms. The van der Waals surface area contributed by atoms with Crippen LogP contribution in [0.5, 0.6) is 0 Å². The number of hydrogen-bond acceptors (Lipinski definition) is 4. The van der Waals surface area contributed by atoms with E-state index in [1.807, 2.05) is 6.92 Å². The van der Waals surface area contributed by atoms with Gasteiger partial charge >= 0.3 is 0 Å². The van der Waals surface area contributed by atoms with Crippen LogP contribution in [0.15, 0.2) is 24.3 Å². The van der Waals surface area contributed by atoms with Gasteiger partial charge in [-0.3, -0.25) is 0 Å². The van der Waals surface area contributed by atoms with E-state index in [4.69, 9.17) is 5.84 Å². The van der Waals surface area contributed by atoms with Gasteiger partial charge in [0.25, 0.3) is 0 Å². The molecule has 4 heteroatoms. The molecule has 0 aliphatic carbocycles. The van der Waals surface area contributed by atoms with Gasteiger partial charge in [-0.2, -0.15) is 0 Å². The van der Waals surface area contributed by atoms with Gasteiger partial charge in [0.05, 0.1) is 0 Å². The second kappa shape index (κ2) is 6.68. The monoisotopic (exact) mass is 284 g/mol. The molecule has 3 N–H and O–H groups in total. The molecule has 0 atom stereocenters. The molecule has 2 rings (SSSR count). The molecule has 0 saturated heterocycles. The van der Waals surface area contributed by atoms with Crippen LogP contribution in [0.3, 0.4) is 0 Å². The molecule has 4 nitrogen and oxygen atoms in total. The van der Waals surface area contributed by atoms with E-state index in [0.29, 0.717) is 11.7 Å². The van der Waals surface area contributed by atoms with Gasteiger partial charge in [0.2, 0.25) is 0 Å². The fraction of sp³-hybridized carbons (Fsp3) is 0.412. The van der Waals surface area contributed by atoms with Crippen LogP contribution >= 0.6 is 0 Å². The zero-order valence-corrected chi connectivity index (χ0v) is 13.3. The van der Waals surface area contributed by atoms with Gasteiger partial charge in [-0.05, 0) is 31.2 Å². The lowest BCUT2D eigenvalue weighted by Gasteiger charge is -2.11. The first-order valence-electron chi connectivity index (χ1n) is 7.48. The van der Waals surface area contributed by atoms with Crippen molar-refractivity contribution in [3.63, 3.8) is 0 Å². The summed E-state index contributed by atoms with van der Waals surface area (Å²) < 4.78 is 0. The zero-order chi connectivity index (χ0) is 15.4. The SMILES string of the molecule is CCc1nc(-c2ccc(CC(C)C)cc2)nc(NN)c1C. The topological polar surface area (TPSA) is 63.8 Å². The quantitative estimate of drug-likeness (QED) is 0.651. The number of aryl methyl sites for hydroxylation is 1. The maximum atomic E-state index is 5.56. The Bertz CT molecular complexity index is 578. The van der Waals surface area contributed by atoms with Crippen molar-refractivity contribution in [2.75, 3.05) is 5.43 Å². The number of aromatic nitrogens is 2. The molecule has 0 aliphatic heterocycles. The summed E-state index contributed by atoms with van der Waals surface area (Å²) in [6.45, 7) is 8.53. The molecule has 1 aromatic carbocycles. The summed E-state index contributed by atoms with van der Waals surface area (Å²) in [7, 11) is 0. The first-order chi connectivity index (χ1) is 10.0. The number of anilines is 1. The maximum Gasteiger partial charge on any atom is 0.161 e. The summed E-state index contributed by atoms with van der Waals surface area (Å²) in [5.74, 6) is 7.64. The third-order valence-electron chi connectivity index (χ3n) is 3.57. The molecular formula is C17H24N4. The number of nitrogen functional groups attached to an aromatic ring is 1. The Hall–Kier alpha value is -1.94. The molecular weight excluding hydrogens is 260 g/mol. The highest BCUT2D eigenvalue weighted by Crippen LogP contribution is 2.22. The smallest absolute Gasteiger partial charge is 0.161 e. The van der Waals surface area contributed by atoms with Crippen molar-refractivity contribution in [3.8, 4) is 11.4 Å². The van der Waals surface area contributed by atoms with Crippen molar-refractivity contribution in [2.24, 2.45) is 11.8 Å². The van der Waals surface area contributed by atoms with Crippen molar-refractivity contribution >= 4 is 5.82 Å². The number of hydrogen-bond donors (Lipinski definition) is 2. The van der Waals surface area contributed by atoms with E-state index in [1.165, 1.54) is 5.56 Å². The molecule has 0 amide bonds. The molecule has 0 bridgehead atoms. The van der Waals surface area contributed by atoms with Crippen LogP contribution in [0.25, 0.3) is 11.4 Å². The summed E-state index contributed by atoms with van der Waals surface area (Å²) in [6.07, 6.45) is 1.95. The van der Waals surface area contributed by atoms with Crippen LogP contribution in [-0.2, 0) is 12.8 Å². The molecule has 1 aromatic heterocycles. The fourth-order valence-corrected chi connectivity index (χ4v) is 2.44. The average molecular weight is 284 g/mol. The molecule has 112 valence electrons. The Kier molecular flexibility index (Phi) is 4.91. The normalized spacial score (nSPS) is 11.0. The van der Waals surface area contributed by atoms with Gasteiger partial charge in [-0.15, -0.1) is 0 Å². The minimum absolute atomic E-state index is 0.659. The standard InChI is InChI=1S/C17H24N4/c1-5-15-12(4)16(21-18)20-17(19-15)14-8-6-13(7-9-14)10-11(2)3/h6-9,11H,5,10,18H2,1-4H3,(H,19,20,21). The highest BCUT2D eigenvalue weighted by Gasteiger charge is 2.10. The van der Waals surface area contributed by atoms with Crippen molar-refractivity contribution in [1.82, 2.24) is 9.97 Å². The van der Waals surface area contributed by atoms with Gasteiger partial charge in [0.1, 0.15) is 5.82 Å². The van der Waals surface area contributed by atoms with Crippen LogP contribution < -0.4 is 11.3 Å². The number of hydrazine groups is 1. The van der Waals surface area contributed by atoms with Crippen LogP contribution in [0.4, 0.5) is 5.82 Å². The molecule has 0 fully saturated rings. The van der Waals surface area contributed by atoms with E-state index in [2.05, 4.69) is 60.4 Å². The number of nitrogens with two attached hydrogens (primary N) is 1. The van der Waals surface area contributed by atoms with Gasteiger partial charge in [0.15, 0.2) is 5.82 Å². The lowest BCUT2D eigenvalue weighted by atomic mass is 10.0. The Labute approximate surface area is 126 Å². The van der Waals surface area contributed by atoms with Crippen LogP contribution in [0.2, 0.25) is 0 Å². The largest absolute Gasteiger partial charge is 0.308 e. The predicted octanol–water partition coefficient (Wildman–Crippen LogP) is 3.50. The highest BCUT2D eigenvalue weighted by molar-refractivity contribution is 5.60. The third kappa shape index (κ3) is 3.58. The summed E-state index contributed by atoms with van der Waals surface area (Å²) >= 11 is 0. The minimum atomic E-state index is 0.659. The number of benzene rings is 1. The lowest BCUT2D eigenvalue weighted by Crippen LogP contribution is -2.13. The Morgan fingerprint density at radius 2 is 1.81 bits per heavy atom. The number of rotatable bonds is 5. The first kappa shape index (κ1) is 15.4. The molecule has 0 spiro atoms. The Morgan fingerprint density at radius 1 is 1.14 bits per heavy atom. The summed E-state index contributed by atoms with van der Waals surface area (Å²) in [5.41, 5.74) is 7.07. The minimum Gasteiger partial charge on any atom is -0.308 e. The van der Waals surface area contributed by atoms with Crippen molar-refractivity contribution in [3.05, 3.63) is 41.1 Å². The molecule has 0 radical (unpaired) electrons. The maximum absolute atomic E-state index is 5.56. The molecule has 2 aromatic rings. The van der Waals surface area contributed by atoms with E-state index in [-0.39, 0.29) is 0 Å². The first-order valence-corrected chi connectivity index (χ1v) is 7.48. The van der Waals surface area contributed by atoms with E-state index >= 15 is 0 Å². The van der Waals surface area contributed by atoms with E-state index in [1.54, 1.807) is 0 Å². The fourth-order valence-electron chi connectivity index (χ4n) is 2.44. The number of nitrogens with zero attached hydrogens (tertiary/aromatic N) is 2. The Balaban J connectivity index is 2.37. The third-order valence-corrected chi connectivity index (χ3v) is 3.57. The molecule has 1 heterocycles. The van der Waals surface area contributed by atoms with Crippen LogP contribution in [-0.4, -0.2) is 9.97 Å². The van der Waals surface area contributed by atoms with Gasteiger partial charge in [-0.1, -0.05) is 45.0 Å².